The Balaban J connectivity index is 2.14. The number of ether oxygens (including phenoxy) is 1. The molecule has 0 aliphatic carbocycles. The highest BCUT2D eigenvalue weighted by Gasteiger charge is 2.31. The van der Waals surface area contributed by atoms with Crippen molar-refractivity contribution < 1.29 is 31.1 Å². The number of rotatable bonds is 6. The van der Waals surface area contributed by atoms with Crippen molar-refractivity contribution in [1.29, 1.82) is 0 Å². The van der Waals surface area contributed by atoms with Gasteiger partial charge in [0.1, 0.15) is 5.75 Å². The van der Waals surface area contributed by atoms with Crippen molar-refractivity contribution in [3.05, 3.63) is 53.1 Å². The molecule has 2 aromatic carbocycles. The van der Waals surface area contributed by atoms with Crippen LogP contribution < -0.4 is 14.8 Å². The maximum atomic E-state index is 12.8. The molecule has 28 heavy (non-hydrogen) atoms. The first-order valence-corrected chi connectivity index (χ1v) is 9.64. The molecule has 0 bridgehead atoms. The number of hydrogen-bond acceptors (Lipinski definition) is 4. The smallest absolute Gasteiger partial charge is 0.416 e. The molecular formula is C17H16ClF3N2O4S. The van der Waals surface area contributed by atoms with E-state index in [-0.39, 0.29) is 15.6 Å². The average Bonchev–Trinajstić information content (AvgIpc) is 2.62. The van der Waals surface area contributed by atoms with Crippen molar-refractivity contribution in [1.82, 2.24) is 4.72 Å². The summed E-state index contributed by atoms with van der Waals surface area (Å²) < 4.78 is 70.2. The number of sulfonamides is 1. The van der Waals surface area contributed by atoms with Gasteiger partial charge in [0.2, 0.25) is 15.9 Å². The van der Waals surface area contributed by atoms with E-state index in [1.165, 1.54) is 38.3 Å². The molecule has 1 atom stereocenters. The fraction of sp³-hybridized carbons (Fsp3) is 0.235. The van der Waals surface area contributed by atoms with Gasteiger partial charge >= 0.3 is 6.18 Å². The van der Waals surface area contributed by atoms with Crippen LogP contribution in [0.4, 0.5) is 18.9 Å². The van der Waals surface area contributed by atoms with Gasteiger partial charge in [0.15, 0.2) is 0 Å². The van der Waals surface area contributed by atoms with E-state index in [2.05, 4.69) is 10.0 Å². The normalized spacial score (nSPS) is 13.1. The minimum absolute atomic E-state index is 0.106. The Morgan fingerprint density at radius 3 is 2.29 bits per heavy atom. The lowest BCUT2D eigenvalue weighted by atomic mass is 10.2. The summed E-state index contributed by atoms with van der Waals surface area (Å²) in [6, 6.07) is 6.59. The number of nitrogens with one attached hydrogen (secondary N) is 2. The summed E-state index contributed by atoms with van der Waals surface area (Å²) in [5.74, 6) is -0.428. The number of amides is 1. The van der Waals surface area contributed by atoms with Gasteiger partial charge in [-0.15, -0.1) is 0 Å². The predicted molar refractivity (Wildman–Crippen MR) is 97.9 cm³/mol. The molecule has 0 spiro atoms. The molecule has 6 nitrogen and oxygen atoms in total. The molecule has 0 radical (unpaired) electrons. The van der Waals surface area contributed by atoms with Crippen molar-refractivity contribution in [2.75, 3.05) is 12.4 Å². The van der Waals surface area contributed by atoms with Crippen molar-refractivity contribution in [3.8, 4) is 5.75 Å². The Labute approximate surface area is 164 Å². The second kappa shape index (κ2) is 8.38. The molecule has 2 N–H and O–H groups in total. The monoisotopic (exact) mass is 436 g/mol. The Morgan fingerprint density at radius 1 is 1.14 bits per heavy atom. The zero-order valence-electron chi connectivity index (χ0n) is 14.7. The van der Waals surface area contributed by atoms with Crippen LogP contribution in [-0.4, -0.2) is 27.5 Å². The molecule has 0 aliphatic rings. The van der Waals surface area contributed by atoms with E-state index < -0.39 is 33.7 Å². The third kappa shape index (κ3) is 5.37. The van der Waals surface area contributed by atoms with Crippen LogP contribution in [0.15, 0.2) is 47.4 Å². The first-order valence-electron chi connectivity index (χ1n) is 7.78. The van der Waals surface area contributed by atoms with E-state index in [9.17, 15) is 26.4 Å². The summed E-state index contributed by atoms with van der Waals surface area (Å²) in [4.78, 5) is 12.1. The summed E-state index contributed by atoms with van der Waals surface area (Å²) in [5, 5.41) is 2.08. The van der Waals surface area contributed by atoms with Crippen LogP contribution in [0.5, 0.6) is 5.75 Å². The molecule has 152 valence electrons. The van der Waals surface area contributed by atoms with Gasteiger partial charge in [-0.3, -0.25) is 4.79 Å². The second-order valence-corrected chi connectivity index (χ2v) is 7.82. The fourth-order valence-electron chi connectivity index (χ4n) is 2.15. The highest BCUT2D eigenvalue weighted by Crippen LogP contribution is 2.33. The van der Waals surface area contributed by atoms with Crippen LogP contribution in [0, 0.1) is 0 Å². The molecule has 11 heteroatoms. The highest BCUT2D eigenvalue weighted by atomic mass is 35.5. The zero-order chi connectivity index (χ0) is 21.1. The fourth-order valence-corrected chi connectivity index (χ4v) is 3.52. The molecule has 0 aliphatic heterocycles. The number of anilines is 1. The first kappa shape index (κ1) is 22.0. The first-order chi connectivity index (χ1) is 12.9. The van der Waals surface area contributed by atoms with Crippen LogP contribution in [0.2, 0.25) is 5.02 Å². The number of carbonyl (C=O) groups is 1. The van der Waals surface area contributed by atoms with E-state index >= 15 is 0 Å². The lowest BCUT2D eigenvalue weighted by molar-refractivity contribution is -0.137. The van der Waals surface area contributed by atoms with Gasteiger partial charge in [-0.05, 0) is 49.4 Å². The van der Waals surface area contributed by atoms with Crippen LogP contribution in [-0.2, 0) is 21.0 Å². The zero-order valence-corrected chi connectivity index (χ0v) is 16.2. The molecule has 0 aromatic heterocycles. The standard InChI is InChI=1S/C17H16ClF3N2O4S/c1-10(23-28(25,26)13-6-4-12(27-2)5-7-13)16(24)22-15-9-11(17(19,20)21)3-8-14(15)18/h3-10,23H,1-2H3,(H,22,24). The minimum Gasteiger partial charge on any atom is -0.497 e. The van der Waals surface area contributed by atoms with E-state index in [4.69, 9.17) is 16.3 Å². The molecule has 0 fully saturated rings. The third-order valence-electron chi connectivity index (χ3n) is 3.65. The van der Waals surface area contributed by atoms with Crippen molar-refractivity contribution in [3.63, 3.8) is 0 Å². The average molecular weight is 437 g/mol. The van der Waals surface area contributed by atoms with Crippen LogP contribution in [0.1, 0.15) is 12.5 Å². The summed E-state index contributed by atoms with van der Waals surface area (Å²) in [5.41, 5.74) is -1.28. The Morgan fingerprint density at radius 2 is 1.75 bits per heavy atom. The lowest BCUT2D eigenvalue weighted by Crippen LogP contribution is -2.41. The molecule has 1 unspecified atom stereocenters. The van der Waals surface area contributed by atoms with E-state index in [1.807, 2.05) is 0 Å². The molecular weight excluding hydrogens is 421 g/mol. The number of alkyl halides is 3. The minimum atomic E-state index is -4.62. The molecule has 2 rings (SSSR count). The van der Waals surface area contributed by atoms with Gasteiger partial charge in [-0.2, -0.15) is 17.9 Å². The Kier molecular flexibility index (Phi) is 6.58. The third-order valence-corrected chi connectivity index (χ3v) is 5.53. The largest absolute Gasteiger partial charge is 0.497 e. The highest BCUT2D eigenvalue weighted by molar-refractivity contribution is 7.89. The number of halogens is 4. The van der Waals surface area contributed by atoms with Crippen molar-refractivity contribution in [2.45, 2.75) is 24.0 Å². The maximum Gasteiger partial charge on any atom is 0.416 e. The van der Waals surface area contributed by atoms with Crippen LogP contribution in [0.25, 0.3) is 0 Å². The van der Waals surface area contributed by atoms with Gasteiger partial charge in [0.05, 0.1) is 34.3 Å². The van der Waals surface area contributed by atoms with E-state index in [1.54, 1.807) is 0 Å². The molecule has 2 aromatic rings. The number of methoxy groups -OCH3 is 1. The van der Waals surface area contributed by atoms with Crippen LogP contribution >= 0.6 is 11.6 Å². The molecule has 0 saturated carbocycles. The Hall–Kier alpha value is -2.30. The van der Waals surface area contributed by atoms with Gasteiger partial charge in [0, 0.05) is 0 Å². The number of carbonyl (C=O) groups excluding carboxylic acids is 1. The quantitative estimate of drug-likeness (QED) is 0.723. The van der Waals surface area contributed by atoms with Gasteiger partial charge in [-0.1, -0.05) is 11.6 Å². The molecule has 0 saturated heterocycles. The van der Waals surface area contributed by atoms with Gasteiger partial charge in [0.25, 0.3) is 0 Å². The molecule has 1 amide bonds. The van der Waals surface area contributed by atoms with Gasteiger partial charge < -0.3 is 10.1 Å². The van der Waals surface area contributed by atoms with E-state index in [0.29, 0.717) is 11.8 Å². The summed E-state index contributed by atoms with van der Waals surface area (Å²) in [6.07, 6.45) is -4.62. The number of benzene rings is 2. The lowest BCUT2D eigenvalue weighted by Gasteiger charge is -2.16. The van der Waals surface area contributed by atoms with E-state index in [0.717, 1.165) is 12.1 Å². The topological polar surface area (TPSA) is 84.5 Å². The summed E-state index contributed by atoms with van der Waals surface area (Å²) in [7, 11) is -2.62. The van der Waals surface area contributed by atoms with Gasteiger partial charge in [-0.25, -0.2) is 8.42 Å². The summed E-state index contributed by atoms with van der Waals surface area (Å²) >= 11 is 5.82. The second-order valence-electron chi connectivity index (χ2n) is 5.70. The van der Waals surface area contributed by atoms with Crippen LogP contribution in [0.3, 0.4) is 0 Å². The predicted octanol–water partition coefficient (Wildman–Crippen LogP) is 3.67. The number of hydrogen-bond donors (Lipinski definition) is 2. The molecule has 0 heterocycles. The SMILES string of the molecule is COc1ccc(S(=O)(=O)NC(C)C(=O)Nc2cc(C(F)(F)F)ccc2Cl)cc1. The summed E-state index contributed by atoms with van der Waals surface area (Å²) in [6.45, 7) is 1.25. The van der Waals surface area contributed by atoms with Crippen molar-refractivity contribution in [2.24, 2.45) is 0 Å². The maximum absolute atomic E-state index is 12.8. The Bertz CT molecular complexity index is 963. The van der Waals surface area contributed by atoms with Crippen molar-refractivity contribution >= 4 is 33.2 Å².